The Morgan fingerprint density at radius 2 is 2.06 bits per heavy atom. The number of thioether (sulfide) groups is 1. The molecule has 0 atom stereocenters. The Bertz CT molecular complexity index is 338. The van der Waals surface area contributed by atoms with Gasteiger partial charge in [-0.15, -0.1) is 11.8 Å². The summed E-state index contributed by atoms with van der Waals surface area (Å²) in [7, 11) is 0. The maximum atomic E-state index is 11.2. The molecule has 0 spiro atoms. The van der Waals surface area contributed by atoms with Crippen molar-refractivity contribution >= 4 is 29.3 Å². The van der Waals surface area contributed by atoms with Crippen LogP contribution in [0.3, 0.4) is 0 Å². The van der Waals surface area contributed by atoms with E-state index in [1.165, 1.54) is 4.90 Å². The molecule has 1 aromatic carbocycles. The summed E-state index contributed by atoms with van der Waals surface area (Å²) in [5, 5.41) is 0.748. The zero-order chi connectivity index (χ0) is 12.5. The van der Waals surface area contributed by atoms with E-state index < -0.39 is 0 Å². The van der Waals surface area contributed by atoms with Crippen LogP contribution in [-0.2, 0) is 9.53 Å². The first-order valence-corrected chi connectivity index (χ1v) is 7.12. The van der Waals surface area contributed by atoms with Crippen molar-refractivity contribution in [3.05, 3.63) is 29.3 Å². The number of benzene rings is 1. The van der Waals surface area contributed by atoms with Crippen LogP contribution >= 0.6 is 23.4 Å². The smallest absolute Gasteiger partial charge is 0.305 e. The quantitative estimate of drug-likeness (QED) is 0.423. The Labute approximate surface area is 112 Å². The van der Waals surface area contributed by atoms with Crippen molar-refractivity contribution in [1.29, 1.82) is 0 Å². The number of hydrogen-bond acceptors (Lipinski definition) is 3. The minimum Gasteiger partial charge on any atom is -0.466 e. The largest absolute Gasteiger partial charge is 0.466 e. The topological polar surface area (TPSA) is 26.3 Å². The maximum Gasteiger partial charge on any atom is 0.305 e. The van der Waals surface area contributed by atoms with Gasteiger partial charge in [-0.05, 0) is 42.9 Å². The average Bonchev–Trinajstić information content (AvgIpc) is 2.34. The second-order valence-corrected chi connectivity index (χ2v) is 5.23. The van der Waals surface area contributed by atoms with E-state index in [0.717, 1.165) is 23.6 Å². The normalized spacial score (nSPS) is 10.2. The fourth-order valence-electron chi connectivity index (χ4n) is 1.23. The predicted octanol–water partition coefficient (Wildman–Crippen LogP) is 4.17. The molecule has 0 fully saturated rings. The number of ether oxygens (including phenoxy) is 1. The standard InChI is InChI=1S/C13H17ClO2S/c1-2-9-16-13(15)4-3-10-17-12-7-5-11(14)6-8-12/h5-8H,2-4,9-10H2,1H3. The summed E-state index contributed by atoms with van der Waals surface area (Å²) in [6, 6.07) is 7.73. The summed E-state index contributed by atoms with van der Waals surface area (Å²) in [6.45, 7) is 2.52. The lowest BCUT2D eigenvalue weighted by Gasteiger charge is -2.03. The molecule has 2 nitrogen and oxygen atoms in total. The molecule has 1 rings (SSSR count). The molecular formula is C13H17ClO2S. The lowest BCUT2D eigenvalue weighted by molar-refractivity contribution is -0.143. The second-order valence-electron chi connectivity index (χ2n) is 3.63. The molecule has 0 aliphatic heterocycles. The minimum absolute atomic E-state index is 0.0939. The summed E-state index contributed by atoms with van der Waals surface area (Å²) >= 11 is 7.52. The van der Waals surface area contributed by atoms with Crippen molar-refractivity contribution in [2.45, 2.75) is 31.1 Å². The van der Waals surface area contributed by atoms with Crippen LogP contribution in [0.25, 0.3) is 0 Å². The molecule has 17 heavy (non-hydrogen) atoms. The third kappa shape index (κ3) is 6.59. The minimum atomic E-state index is -0.0939. The molecule has 0 aliphatic rings. The van der Waals surface area contributed by atoms with E-state index in [0.29, 0.717) is 13.0 Å². The van der Waals surface area contributed by atoms with Crippen LogP contribution in [-0.4, -0.2) is 18.3 Å². The van der Waals surface area contributed by atoms with Crippen LogP contribution < -0.4 is 0 Å². The van der Waals surface area contributed by atoms with Gasteiger partial charge in [0.05, 0.1) is 6.61 Å². The van der Waals surface area contributed by atoms with Gasteiger partial charge in [-0.2, -0.15) is 0 Å². The monoisotopic (exact) mass is 272 g/mol. The van der Waals surface area contributed by atoms with Crippen molar-refractivity contribution in [1.82, 2.24) is 0 Å². The van der Waals surface area contributed by atoms with Gasteiger partial charge in [-0.3, -0.25) is 4.79 Å². The number of halogens is 1. The Morgan fingerprint density at radius 3 is 2.71 bits per heavy atom. The highest BCUT2D eigenvalue weighted by molar-refractivity contribution is 7.99. The van der Waals surface area contributed by atoms with E-state index in [4.69, 9.17) is 16.3 Å². The van der Waals surface area contributed by atoms with Crippen molar-refractivity contribution in [2.24, 2.45) is 0 Å². The molecule has 94 valence electrons. The van der Waals surface area contributed by atoms with E-state index in [2.05, 4.69) is 0 Å². The van der Waals surface area contributed by atoms with Crippen molar-refractivity contribution < 1.29 is 9.53 Å². The van der Waals surface area contributed by atoms with Gasteiger partial charge in [-0.25, -0.2) is 0 Å². The van der Waals surface area contributed by atoms with Crippen molar-refractivity contribution in [3.63, 3.8) is 0 Å². The van der Waals surface area contributed by atoms with Gasteiger partial charge in [0, 0.05) is 16.3 Å². The van der Waals surface area contributed by atoms with Crippen molar-refractivity contribution in [3.8, 4) is 0 Å². The highest BCUT2D eigenvalue weighted by Crippen LogP contribution is 2.21. The number of carbonyl (C=O) groups is 1. The van der Waals surface area contributed by atoms with E-state index in [1.807, 2.05) is 31.2 Å². The van der Waals surface area contributed by atoms with Crippen LogP contribution in [0.5, 0.6) is 0 Å². The van der Waals surface area contributed by atoms with Crippen LogP contribution in [0.1, 0.15) is 26.2 Å². The van der Waals surface area contributed by atoms with Gasteiger partial charge in [0.15, 0.2) is 0 Å². The molecule has 0 aliphatic carbocycles. The van der Waals surface area contributed by atoms with Gasteiger partial charge in [0.1, 0.15) is 0 Å². The van der Waals surface area contributed by atoms with Gasteiger partial charge in [-0.1, -0.05) is 18.5 Å². The molecule has 4 heteroatoms. The third-order valence-electron chi connectivity index (χ3n) is 2.07. The maximum absolute atomic E-state index is 11.2. The molecular weight excluding hydrogens is 256 g/mol. The highest BCUT2D eigenvalue weighted by Gasteiger charge is 2.02. The Balaban J connectivity index is 2.11. The molecule has 0 saturated carbocycles. The molecule has 0 saturated heterocycles. The molecule has 0 aromatic heterocycles. The van der Waals surface area contributed by atoms with E-state index >= 15 is 0 Å². The summed E-state index contributed by atoms with van der Waals surface area (Å²) in [5.41, 5.74) is 0. The molecule has 1 aromatic rings. The summed E-state index contributed by atoms with van der Waals surface area (Å²) in [6.07, 6.45) is 2.22. The van der Waals surface area contributed by atoms with Crippen LogP contribution in [0.2, 0.25) is 5.02 Å². The average molecular weight is 273 g/mol. The van der Waals surface area contributed by atoms with E-state index in [1.54, 1.807) is 11.8 Å². The molecule has 0 N–H and O–H groups in total. The van der Waals surface area contributed by atoms with E-state index in [9.17, 15) is 4.79 Å². The van der Waals surface area contributed by atoms with Gasteiger partial charge < -0.3 is 4.74 Å². The van der Waals surface area contributed by atoms with Crippen LogP contribution in [0.15, 0.2) is 29.2 Å². The van der Waals surface area contributed by atoms with Gasteiger partial charge >= 0.3 is 5.97 Å². The first kappa shape index (κ1) is 14.4. The summed E-state index contributed by atoms with van der Waals surface area (Å²) in [5.74, 6) is 0.826. The molecule has 0 radical (unpaired) electrons. The van der Waals surface area contributed by atoms with Crippen LogP contribution in [0, 0.1) is 0 Å². The Hall–Kier alpha value is -0.670. The predicted molar refractivity (Wildman–Crippen MR) is 72.7 cm³/mol. The number of carbonyl (C=O) groups excluding carboxylic acids is 1. The summed E-state index contributed by atoms with van der Waals surface area (Å²) < 4.78 is 4.99. The Morgan fingerprint density at radius 1 is 1.35 bits per heavy atom. The Kier molecular flexibility index (Phi) is 7.13. The number of hydrogen-bond donors (Lipinski definition) is 0. The van der Waals surface area contributed by atoms with Crippen LogP contribution in [0.4, 0.5) is 0 Å². The SMILES string of the molecule is CCCOC(=O)CCCSc1ccc(Cl)cc1. The molecule has 0 amide bonds. The number of esters is 1. The first-order valence-electron chi connectivity index (χ1n) is 5.76. The molecule has 0 unspecified atom stereocenters. The summed E-state index contributed by atoms with van der Waals surface area (Å²) in [4.78, 5) is 12.4. The fourth-order valence-corrected chi connectivity index (χ4v) is 2.20. The molecule has 0 heterocycles. The van der Waals surface area contributed by atoms with E-state index in [-0.39, 0.29) is 5.97 Å². The highest BCUT2D eigenvalue weighted by atomic mass is 35.5. The lowest BCUT2D eigenvalue weighted by Crippen LogP contribution is -2.05. The zero-order valence-corrected chi connectivity index (χ0v) is 11.5. The number of rotatable bonds is 7. The molecule has 0 bridgehead atoms. The third-order valence-corrected chi connectivity index (χ3v) is 3.43. The second kappa shape index (κ2) is 8.43. The lowest BCUT2D eigenvalue weighted by atomic mass is 10.3. The first-order chi connectivity index (χ1) is 8.22. The zero-order valence-electron chi connectivity index (χ0n) is 9.95. The van der Waals surface area contributed by atoms with Gasteiger partial charge in [0.2, 0.25) is 0 Å². The fraction of sp³-hybridized carbons (Fsp3) is 0.462. The van der Waals surface area contributed by atoms with Crippen molar-refractivity contribution in [2.75, 3.05) is 12.4 Å². The van der Waals surface area contributed by atoms with Gasteiger partial charge in [0.25, 0.3) is 0 Å².